The molecule has 0 aliphatic rings. The van der Waals surface area contributed by atoms with Gasteiger partial charge in [-0.15, -0.1) is 0 Å². The van der Waals surface area contributed by atoms with Crippen molar-refractivity contribution in [2.75, 3.05) is 20.3 Å². The Morgan fingerprint density at radius 1 is 1.53 bits per heavy atom. The van der Waals surface area contributed by atoms with Crippen molar-refractivity contribution < 1.29 is 9.53 Å². The van der Waals surface area contributed by atoms with Gasteiger partial charge >= 0.3 is 0 Å². The van der Waals surface area contributed by atoms with E-state index in [1.54, 1.807) is 25.9 Å². The van der Waals surface area contributed by atoms with Gasteiger partial charge in [0.25, 0.3) is 0 Å². The molecule has 4 nitrogen and oxygen atoms in total. The van der Waals surface area contributed by atoms with Gasteiger partial charge in [-0.3, -0.25) is 4.79 Å². The minimum atomic E-state index is -0.960. The number of methoxy groups -OCH3 is 1. The molecule has 0 rings (SSSR count). The van der Waals surface area contributed by atoms with Gasteiger partial charge in [-0.1, -0.05) is 0 Å². The molecule has 0 N–H and O–H groups in total. The van der Waals surface area contributed by atoms with Crippen LogP contribution in [0.25, 0.3) is 0 Å². The minimum Gasteiger partial charge on any atom is -0.383 e. The summed E-state index contributed by atoms with van der Waals surface area (Å²) in [5.74, 6) is -0.142. The average molecular weight is 212 g/mol. The minimum absolute atomic E-state index is 0.0836. The largest absolute Gasteiger partial charge is 0.383 e. The van der Waals surface area contributed by atoms with Crippen LogP contribution < -0.4 is 0 Å². The summed E-state index contributed by atoms with van der Waals surface area (Å²) in [5, 5.41) is 8.89. The molecule has 0 saturated heterocycles. The number of ether oxygens (including phenoxy) is 1. The Morgan fingerprint density at radius 3 is 2.40 bits per heavy atom. The molecule has 0 heterocycles. The van der Waals surface area contributed by atoms with E-state index in [4.69, 9.17) is 10.00 Å². The van der Waals surface area contributed by atoms with Crippen LogP contribution in [0.3, 0.4) is 0 Å². The first-order valence-electron chi connectivity index (χ1n) is 5.08. The lowest BCUT2D eigenvalue weighted by molar-refractivity contribution is -0.140. The third-order valence-corrected chi connectivity index (χ3v) is 2.23. The molecule has 0 radical (unpaired) electrons. The van der Waals surface area contributed by atoms with Crippen molar-refractivity contribution >= 4 is 5.91 Å². The summed E-state index contributed by atoms with van der Waals surface area (Å²) in [4.78, 5) is 13.7. The third kappa shape index (κ3) is 3.88. The van der Waals surface area contributed by atoms with Crippen LogP contribution in [-0.2, 0) is 9.53 Å². The standard InChI is InChI=1S/C11H20N2O2/c1-9(2)13(6-7-15-5)10(14)11(3,4)8-12/h9H,6-7H2,1-5H3. The van der Waals surface area contributed by atoms with E-state index in [1.807, 2.05) is 19.9 Å². The van der Waals surface area contributed by atoms with Crippen LogP contribution in [0.4, 0.5) is 0 Å². The highest BCUT2D eigenvalue weighted by Gasteiger charge is 2.32. The first-order chi connectivity index (χ1) is 6.86. The predicted molar refractivity (Wildman–Crippen MR) is 58.1 cm³/mol. The zero-order valence-electron chi connectivity index (χ0n) is 10.2. The summed E-state index contributed by atoms with van der Waals surface area (Å²) in [6, 6.07) is 2.10. The Kier molecular flexibility index (Phi) is 5.31. The molecule has 0 spiro atoms. The first kappa shape index (κ1) is 13.9. The monoisotopic (exact) mass is 212 g/mol. The van der Waals surface area contributed by atoms with Gasteiger partial charge in [-0.25, -0.2) is 0 Å². The Balaban J connectivity index is 4.65. The number of nitrogens with zero attached hydrogens (tertiary/aromatic N) is 2. The molecular weight excluding hydrogens is 192 g/mol. The normalized spacial score (nSPS) is 11.3. The summed E-state index contributed by atoms with van der Waals surface area (Å²) in [6.07, 6.45) is 0. The van der Waals surface area contributed by atoms with Crippen molar-refractivity contribution in [1.82, 2.24) is 4.90 Å². The molecule has 4 heteroatoms. The summed E-state index contributed by atoms with van der Waals surface area (Å²) >= 11 is 0. The van der Waals surface area contributed by atoms with Gasteiger partial charge in [0.15, 0.2) is 0 Å². The van der Waals surface area contributed by atoms with E-state index in [-0.39, 0.29) is 11.9 Å². The molecule has 0 saturated carbocycles. The zero-order valence-corrected chi connectivity index (χ0v) is 10.2. The number of rotatable bonds is 5. The smallest absolute Gasteiger partial charge is 0.242 e. The summed E-state index contributed by atoms with van der Waals surface area (Å²) < 4.78 is 4.94. The lowest BCUT2D eigenvalue weighted by Crippen LogP contribution is -2.45. The second-order valence-electron chi connectivity index (χ2n) is 4.32. The molecule has 0 unspecified atom stereocenters. The quantitative estimate of drug-likeness (QED) is 0.692. The maximum absolute atomic E-state index is 12.0. The fourth-order valence-electron chi connectivity index (χ4n) is 1.19. The molecule has 0 aromatic rings. The van der Waals surface area contributed by atoms with Gasteiger partial charge < -0.3 is 9.64 Å². The summed E-state index contributed by atoms with van der Waals surface area (Å²) in [6.45, 7) is 8.15. The second-order valence-corrected chi connectivity index (χ2v) is 4.32. The Hall–Kier alpha value is -1.08. The first-order valence-corrected chi connectivity index (χ1v) is 5.08. The molecule has 0 aliphatic carbocycles. The highest BCUT2D eigenvalue weighted by Crippen LogP contribution is 2.18. The molecule has 0 aliphatic heterocycles. The molecule has 0 aromatic heterocycles. The SMILES string of the molecule is COCCN(C(=O)C(C)(C)C#N)C(C)C. The van der Waals surface area contributed by atoms with Crippen molar-refractivity contribution in [3.63, 3.8) is 0 Å². The number of carbonyl (C=O) groups excluding carboxylic acids is 1. The van der Waals surface area contributed by atoms with Crippen LogP contribution in [0, 0.1) is 16.7 Å². The molecule has 15 heavy (non-hydrogen) atoms. The molecule has 1 amide bonds. The highest BCUT2D eigenvalue weighted by molar-refractivity contribution is 5.84. The Labute approximate surface area is 91.8 Å². The molecule has 86 valence electrons. The lowest BCUT2D eigenvalue weighted by atomic mass is 9.93. The lowest BCUT2D eigenvalue weighted by Gasteiger charge is -2.31. The topological polar surface area (TPSA) is 53.3 Å². The van der Waals surface area contributed by atoms with Gasteiger partial charge in [-0.2, -0.15) is 5.26 Å². The van der Waals surface area contributed by atoms with Crippen molar-refractivity contribution in [3.8, 4) is 6.07 Å². The number of hydrogen-bond acceptors (Lipinski definition) is 3. The van der Waals surface area contributed by atoms with Crippen molar-refractivity contribution in [1.29, 1.82) is 5.26 Å². The van der Waals surface area contributed by atoms with Gasteiger partial charge in [0.2, 0.25) is 5.91 Å². The van der Waals surface area contributed by atoms with Gasteiger partial charge in [0.05, 0.1) is 12.7 Å². The Morgan fingerprint density at radius 2 is 2.07 bits per heavy atom. The summed E-state index contributed by atoms with van der Waals surface area (Å²) in [7, 11) is 1.60. The van der Waals surface area contributed by atoms with Gasteiger partial charge in [0.1, 0.15) is 5.41 Å². The van der Waals surface area contributed by atoms with E-state index < -0.39 is 5.41 Å². The summed E-state index contributed by atoms with van der Waals surface area (Å²) in [5.41, 5.74) is -0.960. The number of carbonyl (C=O) groups is 1. The number of hydrogen-bond donors (Lipinski definition) is 0. The van der Waals surface area contributed by atoms with E-state index in [0.717, 1.165) is 0 Å². The predicted octanol–water partition coefficient (Wildman–Crippen LogP) is 1.42. The third-order valence-electron chi connectivity index (χ3n) is 2.23. The molecule has 0 bridgehead atoms. The molecular formula is C11H20N2O2. The van der Waals surface area contributed by atoms with E-state index in [2.05, 4.69) is 0 Å². The Bertz CT molecular complexity index is 254. The number of amides is 1. The average Bonchev–Trinajstić information content (AvgIpc) is 2.17. The second kappa shape index (κ2) is 5.72. The van der Waals surface area contributed by atoms with Crippen LogP contribution in [0.15, 0.2) is 0 Å². The van der Waals surface area contributed by atoms with Crippen LogP contribution >= 0.6 is 0 Å². The zero-order chi connectivity index (χ0) is 12.1. The maximum atomic E-state index is 12.0. The molecule has 0 atom stereocenters. The molecule has 0 fully saturated rings. The van der Waals surface area contributed by atoms with Crippen LogP contribution in [0.1, 0.15) is 27.7 Å². The number of nitriles is 1. The van der Waals surface area contributed by atoms with Crippen molar-refractivity contribution in [2.45, 2.75) is 33.7 Å². The van der Waals surface area contributed by atoms with Crippen molar-refractivity contribution in [2.24, 2.45) is 5.41 Å². The van der Waals surface area contributed by atoms with E-state index in [1.165, 1.54) is 0 Å². The fraction of sp³-hybridized carbons (Fsp3) is 0.818. The van der Waals surface area contributed by atoms with E-state index in [0.29, 0.717) is 13.2 Å². The maximum Gasteiger partial charge on any atom is 0.242 e. The van der Waals surface area contributed by atoms with Crippen LogP contribution in [-0.4, -0.2) is 37.1 Å². The van der Waals surface area contributed by atoms with E-state index >= 15 is 0 Å². The highest BCUT2D eigenvalue weighted by atomic mass is 16.5. The van der Waals surface area contributed by atoms with Crippen LogP contribution in [0.2, 0.25) is 0 Å². The van der Waals surface area contributed by atoms with Gasteiger partial charge in [-0.05, 0) is 27.7 Å². The fourth-order valence-corrected chi connectivity index (χ4v) is 1.19. The molecule has 0 aromatic carbocycles. The van der Waals surface area contributed by atoms with Crippen molar-refractivity contribution in [3.05, 3.63) is 0 Å². The van der Waals surface area contributed by atoms with Crippen LogP contribution in [0.5, 0.6) is 0 Å². The van der Waals surface area contributed by atoms with Gasteiger partial charge in [0, 0.05) is 19.7 Å². The van der Waals surface area contributed by atoms with E-state index in [9.17, 15) is 4.79 Å².